The first-order chi connectivity index (χ1) is 20.0. The van der Waals surface area contributed by atoms with Crippen LogP contribution in [-0.2, 0) is 29.1 Å². The maximum atomic E-state index is 14.0. The lowest BCUT2D eigenvalue weighted by Gasteiger charge is -2.35. The van der Waals surface area contributed by atoms with Crippen LogP contribution in [0.4, 0.5) is 0 Å². The number of benzene rings is 2. The number of nitrogens with one attached hydrogen (secondary N) is 1. The molecule has 2 aliphatic heterocycles. The summed E-state index contributed by atoms with van der Waals surface area (Å²) in [5.74, 6) is -0.503. The Hall–Kier alpha value is -3.56. The number of aryl methyl sites for hydroxylation is 1. The second kappa shape index (κ2) is 12.4. The van der Waals surface area contributed by atoms with Gasteiger partial charge in [0.05, 0.1) is 22.2 Å². The second-order valence-corrected chi connectivity index (χ2v) is 13.1. The standard InChI is InChI=1S/C33H40N4O4S/c1-19(2)12-25-13-22(30-21(5)35-18-42-30)10-11-23(25)15-34-31(39)28-14-26(38)17-36(28)33(41)29(20(3)4)37-16-24-8-6-7-9-27(24)32(37)40/h6-11,13,18-20,26,28-29,38H,12,14-17H2,1-5H3,(H,34,39). The number of hydrogen-bond acceptors (Lipinski definition) is 6. The first-order valence-electron chi connectivity index (χ1n) is 14.7. The highest BCUT2D eigenvalue weighted by atomic mass is 32.1. The second-order valence-electron chi connectivity index (χ2n) is 12.2. The molecule has 42 heavy (non-hydrogen) atoms. The van der Waals surface area contributed by atoms with Crippen molar-refractivity contribution in [3.63, 3.8) is 0 Å². The predicted molar refractivity (Wildman–Crippen MR) is 164 cm³/mol. The molecule has 5 rings (SSSR count). The number of rotatable bonds is 9. The molecule has 222 valence electrons. The van der Waals surface area contributed by atoms with Crippen molar-refractivity contribution in [2.75, 3.05) is 6.54 Å². The van der Waals surface area contributed by atoms with Crippen molar-refractivity contribution < 1.29 is 19.5 Å². The largest absolute Gasteiger partial charge is 0.391 e. The van der Waals surface area contributed by atoms with Crippen molar-refractivity contribution in [2.24, 2.45) is 11.8 Å². The Morgan fingerprint density at radius 1 is 1.12 bits per heavy atom. The van der Waals surface area contributed by atoms with Gasteiger partial charge in [0.25, 0.3) is 5.91 Å². The molecule has 0 aliphatic carbocycles. The molecule has 1 aromatic heterocycles. The molecule has 9 heteroatoms. The Kier molecular flexibility index (Phi) is 8.80. The third-order valence-electron chi connectivity index (χ3n) is 8.23. The van der Waals surface area contributed by atoms with Gasteiger partial charge in [-0.25, -0.2) is 4.98 Å². The Morgan fingerprint density at radius 3 is 2.55 bits per heavy atom. The van der Waals surface area contributed by atoms with Crippen LogP contribution in [0.1, 0.15) is 66.9 Å². The Labute approximate surface area is 251 Å². The molecule has 3 heterocycles. The van der Waals surface area contributed by atoms with Gasteiger partial charge in [0.15, 0.2) is 0 Å². The van der Waals surface area contributed by atoms with E-state index >= 15 is 0 Å². The molecule has 0 bridgehead atoms. The van der Waals surface area contributed by atoms with Crippen molar-refractivity contribution in [3.8, 4) is 10.4 Å². The summed E-state index contributed by atoms with van der Waals surface area (Å²) in [7, 11) is 0. The molecule has 2 N–H and O–H groups in total. The first kappa shape index (κ1) is 29.9. The van der Waals surface area contributed by atoms with E-state index in [-0.39, 0.29) is 36.6 Å². The minimum atomic E-state index is -0.804. The summed E-state index contributed by atoms with van der Waals surface area (Å²) in [6.07, 6.45) is 0.229. The zero-order chi connectivity index (χ0) is 30.1. The number of thiazole rings is 1. The van der Waals surface area contributed by atoms with E-state index in [9.17, 15) is 19.5 Å². The molecular weight excluding hydrogens is 548 g/mol. The van der Waals surface area contributed by atoms with Gasteiger partial charge in [-0.2, -0.15) is 0 Å². The molecule has 0 radical (unpaired) electrons. The summed E-state index contributed by atoms with van der Waals surface area (Å²) in [4.78, 5) is 49.4. The quantitative estimate of drug-likeness (QED) is 0.381. The van der Waals surface area contributed by atoms with E-state index < -0.39 is 18.2 Å². The summed E-state index contributed by atoms with van der Waals surface area (Å²) < 4.78 is 0. The van der Waals surface area contributed by atoms with Crippen molar-refractivity contribution in [1.82, 2.24) is 20.1 Å². The molecule has 3 atom stereocenters. The number of aliphatic hydroxyl groups excluding tert-OH is 1. The van der Waals surface area contributed by atoms with E-state index in [1.54, 1.807) is 22.3 Å². The minimum absolute atomic E-state index is 0.0661. The number of nitrogens with zero attached hydrogens (tertiary/aromatic N) is 3. The van der Waals surface area contributed by atoms with Crippen molar-refractivity contribution in [3.05, 3.63) is 75.9 Å². The van der Waals surface area contributed by atoms with Gasteiger partial charge in [0.1, 0.15) is 12.1 Å². The summed E-state index contributed by atoms with van der Waals surface area (Å²) in [5.41, 5.74) is 7.68. The van der Waals surface area contributed by atoms with Gasteiger partial charge in [-0.3, -0.25) is 14.4 Å². The van der Waals surface area contributed by atoms with Crippen LogP contribution in [-0.4, -0.2) is 62.3 Å². The van der Waals surface area contributed by atoms with Crippen LogP contribution in [0.25, 0.3) is 10.4 Å². The molecule has 3 amide bonds. The lowest BCUT2D eigenvalue weighted by molar-refractivity contribution is -0.143. The third kappa shape index (κ3) is 5.99. The smallest absolute Gasteiger partial charge is 0.255 e. The number of amides is 3. The van der Waals surface area contributed by atoms with E-state index in [1.165, 1.54) is 10.5 Å². The van der Waals surface area contributed by atoms with E-state index in [2.05, 4.69) is 42.3 Å². The molecule has 3 aromatic rings. The SMILES string of the molecule is Cc1ncsc1-c1ccc(CNC(=O)C2CC(O)CN2C(=O)C(C(C)C)N2Cc3ccccc3C2=O)c(CC(C)C)c1. The molecule has 1 fully saturated rings. The molecular formula is C33H40N4O4S. The van der Waals surface area contributed by atoms with E-state index in [0.717, 1.165) is 33.7 Å². The van der Waals surface area contributed by atoms with Gasteiger partial charge in [-0.05, 0) is 59.6 Å². The molecule has 1 saturated heterocycles. The highest BCUT2D eigenvalue weighted by Gasteiger charge is 2.45. The fourth-order valence-corrected chi connectivity index (χ4v) is 7.01. The summed E-state index contributed by atoms with van der Waals surface area (Å²) >= 11 is 1.62. The predicted octanol–water partition coefficient (Wildman–Crippen LogP) is 4.58. The van der Waals surface area contributed by atoms with Crippen LogP contribution >= 0.6 is 11.3 Å². The summed E-state index contributed by atoms with van der Waals surface area (Å²) in [6.45, 7) is 10.9. The number of carbonyl (C=O) groups excluding carboxylic acids is 3. The van der Waals surface area contributed by atoms with Gasteiger partial charge < -0.3 is 20.2 Å². The molecule has 2 aromatic carbocycles. The number of hydrogen-bond donors (Lipinski definition) is 2. The lowest BCUT2D eigenvalue weighted by atomic mass is 9.95. The summed E-state index contributed by atoms with van der Waals surface area (Å²) in [5, 5.41) is 13.6. The normalized spacial score (nSPS) is 19.1. The fraction of sp³-hybridized carbons (Fsp3) is 0.455. The third-order valence-corrected chi connectivity index (χ3v) is 9.21. The average molecular weight is 589 g/mol. The fourth-order valence-electron chi connectivity index (χ4n) is 6.20. The number of aliphatic hydroxyl groups is 1. The molecule has 0 spiro atoms. The number of carbonyl (C=O) groups is 3. The maximum Gasteiger partial charge on any atom is 0.255 e. The van der Waals surface area contributed by atoms with E-state index in [1.807, 2.05) is 44.5 Å². The van der Waals surface area contributed by atoms with E-state index in [4.69, 9.17) is 0 Å². The van der Waals surface area contributed by atoms with Crippen LogP contribution in [0.2, 0.25) is 0 Å². The zero-order valence-electron chi connectivity index (χ0n) is 25.0. The monoisotopic (exact) mass is 588 g/mol. The Bertz CT molecular complexity index is 1480. The van der Waals surface area contributed by atoms with Gasteiger partial charge in [-0.1, -0.05) is 58.0 Å². The van der Waals surface area contributed by atoms with Crippen LogP contribution in [0.15, 0.2) is 48.0 Å². The minimum Gasteiger partial charge on any atom is -0.391 e. The molecule has 8 nitrogen and oxygen atoms in total. The van der Waals surface area contributed by atoms with Crippen LogP contribution < -0.4 is 5.32 Å². The number of aromatic nitrogens is 1. The van der Waals surface area contributed by atoms with Gasteiger partial charge in [0, 0.05) is 31.6 Å². The van der Waals surface area contributed by atoms with Gasteiger partial charge >= 0.3 is 0 Å². The lowest BCUT2D eigenvalue weighted by Crippen LogP contribution is -2.55. The average Bonchev–Trinajstić information content (AvgIpc) is 3.64. The zero-order valence-corrected chi connectivity index (χ0v) is 25.8. The number of β-amino-alcohol motifs (C(OH)–C–C–N with tert-alkyl or cyclic N) is 1. The van der Waals surface area contributed by atoms with Gasteiger partial charge in [0.2, 0.25) is 11.8 Å². The molecule has 2 aliphatic rings. The van der Waals surface area contributed by atoms with Crippen LogP contribution in [0.3, 0.4) is 0 Å². The molecule has 0 saturated carbocycles. The number of likely N-dealkylation sites (tertiary alicyclic amines) is 1. The Morgan fingerprint density at radius 2 is 1.88 bits per heavy atom. The summed E-state index contributed by atoms with van der Waals surface area (Å²) in [6, 6.07) is 12.2. The topological polar surface area (TPSA) is 103 Å². The Balaban J connectivity index is 1.32. The van der Waals surface area contributed by atoms with Crippen molar-refractivity contribution in [2.45, 2.75) is 78.7 Å². The first-order valence-corrected chi connectivity index (χ1v) is 15.6. The molecule has 3 unspecified atom stereocenters. The van der Waals surface area contributed by atoms with Crippen LogP contribution in [0.5, 0.6) is 0 Å². The van der Waals surface area contributed by atoms with Crippen molar-refractivity contribution in [1.29, 1.82) is 0 Å². The number of fused-ring (bicyclic) bond motifs is 1. The van der Waals surface area contributed by atoms with Gasteiger partial charge in [-0.15, -0.1) is 11.3 Å². The van der Waals surface area contributed by atoms with Crippen molar-refractivity contribution >= 4 is 29.1 Å². The van der Waals surface area contributed by atoms with Crippen LogP contribution in [0, 0.1) is 18.8 Å². The highest BCUT2D eigenvalue weighted by molar-refractivity contribution is 7.13. The van der Waals surface area contributed by atoms with E-state index in [0.29, 0.717) is 24.6 Å². The maximum absolute atomic E-state index is 14.0. The highest BCUT2D eigenvalue weighted by Crippen LogP contribution is 2.32.